The molecule has 8 nitrogen and oxygen atoms in total. The number of hydrogen-bond donors (Lipinski definition) is 2. The number of H-pyrrole nitrogens is 2. The van der Waals surface area contributed by atoms with Crippen LogP contribution in [0.5, 0.6) is 0 Å². The molecular formula is C16H18N6O2. The van der Waals surface area contributed by atoms with Gasteiger partial charge in [0.15, 0.2) is 0 Å². The van der Waals surface area contributed by atoms with E-state index in [1.54, 1.807) is 18.1 Å². The van der Waals surface area contributed by atoms with E-state index in [9.17, 15) is 4.79 Å². The third kappa shape index (κ3) is 2.54. The van der Waals surface area contributed by atoms with Crippen LogP contribution in [0.1, 0.15) is 28.5 Å². The monoisotopic (exact) mass is 326 g/mol. The van der Waals surface area contributed by atoms with Gasteiger partial charge in [0, 0.05) is 31.5 Å². The molecule has 3 heterocycles. The van der Waals surface area contributed by atoms with Crippen LogP contribution in [0.25, 0.3) is 10.9 Å². The summed E-state index contributed by atoms with van der Waals surface area (Å²) in [6, 6.07) is 5.60. The largest absolute Gasteiger partial charge is 0.376 e. The van der Waals surface area contributed by atoms with Crippen molar-refractivity contribution in [1.29, 1.82) is 0 Å². The zero-order chi connectivity index (χ0) is 16.5. The van der Waals surface area contributed by atoms with Crippen molar-refractivity contribution in [2.24, 2.45) is 0 Å². The van der Waals surface area contributed by atoms with Crippen molar-refractivity contribution in [1.82, 2.24) is 30.3 Å². The fourth-order valence-electron chi connectivity index (χ4n) is 3.24. The van der Waals surface area contributed by atoms with E-state index in [1.165, 1.54) is 6.33 Å². The Bertz CT molecular complexity index is 843. The Balaban J connectivity index is 1.52. The minimum Gasteiger partial charge on any atom is -0.376 e. The summed E-state index contributed by atoms with van der Waals surface area (Å²) in [4.78, 5) is 18.7. The number of ether oxygens (including phenoxy) is 1. The molecule has 1 saturated heterocycles. The minimum absolute atomic E-state index is 0.0586. The summed E-state index contributed by atoms with van der Waals surface area (Å²) in [5, 5.41) is 14.6. The molecule has 8 heteroatoms. The molecular weight excluding hydrogens is 308 g/mol. The number of carbonyl (C=O) groups is 1. The molecule has 124 valence electrons. The fourth-order valence-corrected chi connectivity index (χ4v) is 3.24. The van der Waals surface area contributed by atoms with Crippen molar-refractivity contribution in [2.45, 2.75) is 18.4 Å². The Morgan fingerprint density at radius 2 is 2.29 bits per heavy atom. The number of fused-ring (bicyclic) bond motifs is 1. The Morgan fingerprint density at radius 1 is 1.38 bits per heavy atom. The molecule has 1 fully saturated rings. The molecule has 0 aliphatic carbocycles. The van der Waals surface area contributed by atoms with Gasteiger partial charge in [-0.25, -0.2) is 4.98 Å². The summed E-state index contributed by atoms with van der Waals surface area (Å²) in [7, 11) is 1.79. The van der Waals surface area contributed by atoms with Gasteiger partial charge in [-0.1, -0.05) is 12.1 Å². The molecule has 0 radical (unpaired) electrons. The highest BCUT2D eigenvalue weighted by Crippen LogP contribution is 2.29. The van der Waals surface area contributed by atoms with E-state index in [0.717, 1.165) is 23.1 Å². The van der Waals surface area contributed by atoms with Gasteiger partial charge in [0.1, 0.15) is 12.2 Å². The molecule has 2 N–H and O–H groups in total. The van der Waals surface area contributed by atoms with Gasteiger partial charge in [-0.3, -0.25) is 15.0 Å². The third-order valence-corrected chi connectivity index (χ3v) is 4.50. The zero-order valence-electron chi connectivity index (χ0n) is 13.3. The first-order valence-corrected chi connectivity index (χ1v) is 7.88. The first-order chi connectivity index (χ1) is 11.7. The predicted octanol–water partition coefficient (Wildman–Crippen LogP) is 1.33. The standard InChI is InChI=1S/C16H18N6O2/c1-22(8-13-11(5-6-24-13)15-17-9-19-21-15)16(23)12-4-2-3-10-7-18-20-14(10)12/h2-4,7,9,11,13H,5-6,8H2,1H3,(H,18,20)(H,17,19,21)/t11-,13-/m1/s1. The number of nitrogens with one attached hydrogen (secondary N) is 2. The number of benzene rings is 1. The number of likely N-dealkylation sites (N-methyl/N-ethyl adjacent to an activating group) is 1. The molecule has 1 amide bonds. The average Bonchev–Trinajstić information content (AvgIpc) is 3.33. The number of rotatable bonds is 4. The minimum atomic E-state index is -0.0899. The Kier molecular flexibility index (Phi) is 3.73. The van der Waals surface area contributed by atoms with Crippen LogP contribution in [-0.2, 0) is 4.74 Å². The van der Waals surface area contributed by atoms with Crippen molar-refractivity contribution >= 4 is 16.8 Å². The summed E-state index contributed by atoms with van der Waals surface area (Å²) in [5.74, 6) is 0.886. The van der Waals surface area contributed by atoms with Crippen LogP contribution in [0.15, 0.2) is 30.7 Å². The maximum absolute atomic E-state index is 12.8. The van der Waals surface area contributed by atoms with Crippen LogP contribution in [-0.4, -0.2) is 62.5 Å². The SMILES string of the molecule is CN(C[C@H]1OCC[C@H]1c1ncn[nH]1)C(=O)c1cccc2cn[nH]c12. The van der Waals surface area contributed by atoms with E-state index in [2.05, 4.69) is 25.4 Å². The molecule has 0 bridgehead atoms. The number of nitrogens with zero attached hydrogens (tertiary/aromatic N) is 4. The second kappa shape index (κ2) is 6.04. The number of carbonyl (C=O) groups excluding carboxylic acids is 1. The summed E-state index contributed by atoms with van der Waals surface area (Å²) >= 11 is 0. The molecule has 0 saturated carbocycles. The molecule has 1 aliphatic rings. The van der Waals surface area contributed by atoms with Crippen LogP contribution in [0.4, 0.5) is 0 Å². The van der Waals surface area contributed by atoms with Crippen LogP contribution < -0.4 is 0 Å². The summed E-state index contributed by atoms with van der Waals surface area (Å²) in [5.41, 5.74) is 1.37. The highest BCUT2D eigenvalue weighted by atomic mass is 16.5. The molecule has 3 aromatic rings. The first-order valence-electron chi connectivity index (χ1n) is 7.88. The van der Waals surface area contributed by atoms with Crippen LogP contribution in [0, 0.1) is 0 Å². The predicted molar refractivity (Wildman–Crippen MR) is 86.5 cm³/mol. The van der Waals surface area contributed by atoms with E-state index < -0.39 is 0 Å². The van der Waals surface area contributed by atoms with Crippen molar-refractivity contribution in [3.8, 4) is 0 Å². The normalized spacial score (nSPS) is 20.5. The Labute approximate surface area is 138 Å². The molecule has 4 rings (SSSR count). The first kappa shape index (κ1) is 14.8. The van der Waals surface area contributed by atoms with Gasteiger partial charge in [0.05, 0.1) is 23.4 Å². The average molecular weight is 326 g/mol. The number of aromatic nitrogens is 5. The highest BCUT2D eigenvalue weighted by Gasteiger charge is 2.33. The van der Waals surface area contributed by atoms with Gasteiger partial charge in [0.25, 0.3) is 5.91 Å². The number of para-hydroxylation sites is 1. The van der Waals surface area contributed by atoms with Gasteiger partial charge in [-0.05, 0) is 12.5 Å². The maximum Gasteiger partial charge on any atom is 0.255 e. The van der Waals surface area contributed by atoms with E-state index in [4.69, 9.17) is 4.74 Å². The second-order valence-electron chi connectivity index (χ2n) is 6.00. The van der Waals surface area contributed by atoms with E-state index >= 15 is 0 Å². The van der Waals surface area contributed by atoms with Crippen molar-refractivity contribution in [2.75, 3.05) is 20.2 Å². The molecule has 1 aromatic carbocycles. The van der Waals surface area contributed by atoms with Crippen molar-refractivity contribution < 1.29 is 9.53 Å². The quantitative estimate of drug-likeness (QED) is 0.753. The lowest BCUT2D eigenvalue weighted by Crippen LogP contribution is -2.36. The van der Waals surface area contributed by atoms with Gasteiger partial charge >= 0.3 is 0 Å². The van der Waals surface area contributed by atoms with E-state index in [1.807, 2.05) is 18.2 Å². The lowest BCUT2D eigenvalue weighted by molar-refractivity contribution is 0.0551. The van der Waals surface area contributed by atoms with Crippen LogP contribution in [0.2, 0.25) is 0 Å². The number of hydrogen-bond acceptors (Lipinski definition) is 5. The van der Waals surface area contributed by atoms with Crippen molar-refractivity contribution in [3.05, 3.63) is 42.1 Å². The Morgan fingerprint density at radius 3 is 3.12 bits per heavy atom. The smallest absolute Gasteiger partial charge is 0.255 e. The molecule has 24 heavy (non-hydrogen) atoms. The van der Waals surface area contributed by atoms with Crippen LogP contribution in [0.3, 0.4) is 0 Å². The molecule has 0 spiro atoms. The molecule has 1 aliphatic heterocycles. The second-order valence-corrected chi connectivity index (χ2v) is 6.00. The molecule has 2 atom stereocenters. The lowest BCUT2D eigenvalue weighted by atomic mass is 10.00. The summed E-state index contributed by atoms with van der Waals surface area (Å²) in [6.07, 6.45) is 4.00. The summed E-state index contributed by atoms with van der Waals surface area (Å²) in [6.45, 7) is 1.16. The summed E-state index contributed by atoms with van der Waals surface area (Å²) < 4.78 is 5.82. The third-order valence-electron chi connectivity index (χ3n) is 4.50. The molecule has 0 unspecified atom stereocenters. The topological polar surface area (TPSA) is 99.8 Å². The van der Waals surface area contributed by atoms with Gasteiger partial charge in [-0.15, -0.1) is 0 Å². The Hall–Kier alpha value is -2.74. The van der Waals surface area contributed by atoms with Crippen molar-refractivity contribution in [3.63, 3.8) is 0 Å². The number of amides is 1. The lowest BCUT2D eigenvalue weighted by Gasteiger charge is -2.24. The van der Waals surface area contributed by atoms with E-state index in [0.29, 0.717) is 18.7 Å². The van der Waals surface area contributed by atoms with Gasteiger partial charge in [0.2, 0.25) is 0 Å². The fraction of sp³-hybridized carbons (Fsp3) is 0.375. The maximum atomic E-state index is 12.8. The van der Waals surface area contributed by atoms with Gasteiger partial charge in [-0.2, -0.15) is 10.2 Å². The van der Waals surface area contributed by atoms with Gasteiger partial charge < -0.3 is 9.64 Å². The highest BCUT2D eigenvalue weighted by molar-refractivity contribution is 6.05. The number of aromatic amines is 2. The van der Waals surface area contributed by atoms with Crippen LogP contribution >= 0.6 is 0 Å². The molecule has 2 aromatic heterocycles. The van der Waals surface area contributed by atoms with E-state index in [-0.39, 0.29) is 17.9 Å². The zero-order valence-corrected chi connectivity index (χ0v) is 13.3.